The highest BCUT2D eigenvalue weighted by Crippen LogP contribution is 2.31. The molecule has 0 atom stereocenters. The van der Waals surface area contributed by atoms with Gasteiger partial charge >= 0.3 is 0 Å². The molecule has 0 amide bonds. The largest absolute Gasteiger partial charge is 0.497 e. The van der Waals surface area contributed by atoms with Crippen LogP contribution in [0.4, 0.5) is 11.6 Å². The van der Waals surface area contributed by atoms with E-state index < -0.39 is 0 Å². The Hall–Kier alpha value is -3.32. The van der Waals surface area contributed by atoms with Gasteiger partial charge < -0.3 is 19.5 Å². The van der Waals surface area contributed by atoms with Gasteiger partial charge in [0, 0.05) is 43.9 Å². The van der Waals surface area contributed by atoms with E-state index >= 15 is 0 Å². The minimum atomic E-state index is 0.558. The van der Waals surface area contributed by atoms with Crippen LogP contribution in [0.15, 0.2) is 48.7 Å². The summed E-state index contributed by atoms with van der Waals surface area (Å²) in [4.78, 5) is 11.7. The highest BCUT2D eigenvalue weighted by atomic mass is 16.5. The second-order valence-corrected chi connectivity index (χ2v) is 7.40. The number of anilines is 2. The van der Waals surface area contributed by atoms with Crippen molar-refractivity contribution in [1.82, 2.24) is 14.9 Å². The molecule has 0 unspecified atom stereocenters. The Morgan fingerprint density at radius 2 is 1.97 bits per heavy atom. The fraction of sp³-hybridized carbons (Fsp3) is 0.333. The molecule has 7 nitrogen and oxygen atoms in total. The van der Waals surface area contributed by atoms with Crippen LogP contribution in [0.2, 0.25) is 0 Å². The summed E-state index contributed by atoms with van der Waals surface area (Å²) in [6.07, 6.45) is 2.80. The topological polar surface area (TPSA) is 68.7 Å². The third-order valence-electron chi connectivity index (χ3n) is 5.28. The highest BCUT2D eigenvalue weighted by Gasteiger charge is 2.19. The van der Waals surface area contributed by atoms with Gasteiger partial charge in [-0.15, -0.1) is 0 Å². The number of nitrogens with zero attached hydrogens (tertiary/aromatic N) is 3. The van der Waals surface area contributed by atoms with Crippen molar-refractivity contribution >= 4 is 11.6 Å². The maximum absolute atomic E-state index is 5.62. The van der Waals surface area contributed by atoms with E-state index in [0.717, 1.165) is 54.5 Å². The molecular weight excluding hydrogens is 392 g/mol. The number of hydrogen-bond acceptors (Lipinski definition) is 7. The van der Waals surface area contributed by atoms with Crippen molar-refractivity contribution in [3.05, 3.63) is 65.5 Å². The number of benzene rings is 2. The summed E-state index contributed by atoms with van der Waals surface area (Å²) < 4.78 is 16.4. The van der Waals surface area contributed by atoms with Crippen molar-refractivity contribution in [2.24, 2.45) is 0 Å². The fourth-order valence-corrected chi connectivity index (χ4v) is 3.76. The van der Waals surface area contributed by atoms with Crippen LogP contribution in [0.3, 0.4) is 0 Å². The first kappa shape index (κ1) is 20.9. The molecule has 2 heterocycles. The van der Waals surface area contributed by atoms with E-state index in [0.29, 0.717) is 18.3 Å². The number of rotatable bonds is 8. The lowest BCUT2D eigenvalue weighted by molar-refractivity contribution is 0.242. The Morgan fingerprint density at radius 1 is 1.06 bits per heavy atom. The third-order valence-corrected chi connectivity index (χ3v) is 5.28. The predicted molar refractivity (Wildman–Crippen MR) is 120 cm³/mol. The molecule has 31 heavy (non-hydrogen) atoms. The van der Waals surface area contributed by atoms with Crippen LogP contribution < -0.4 is 19.5 Å². The first-order valence-electron chi connectivity index (χ1n) is 10.5. The lowest BCUT2D eigenvalue weighted by Gasteiger charge is -2.28. The minimum absolute atomic E-state index is 0.558. The maximum Gasteiger partial charge on any atom is 0.227 e. The van der Waals surface area contributed by atoms with Gasteiger partial charge in [-0.25, -0.2) is 9.97 Å². The second-order valence-electron chi connectivity index (χ2n) is 7.40. The lowest BCUT2D eigenvalue weighted by atomic mass is 10.1. The van der Waals surface area contributed by atoms with E-state index in [9.17, 15) is 0 Å². The van der Waals surface area contributed by atoms with E-state index in [1.807, 2.05) is 43.5 Å². The van der Waals surface area contributed by atoms with Gasteiger partial charge in [0.15, 0.2) is 0 Å². The van der Waals surface area contributed by atoms with Crippen molar-refractivity contribution in [2.75, 3.05) is 32.7 Å². The summed E-state index contributed by atoms with van der Waals surface area (Å²) in [5.74, 6) is 2.93. The first-order chi connectivity index (χ1) is 15.2. The second kappa shape index (κ2) is 9.66. The Kier molecular flexibility index (Phi) is 6.52. The van der Waals surface area contributed by atoms with Crippen molar-refractivity contribution in [1.29, 1.82) is 0 Å². The van der Waals surface area contributed by atoms with Crippen molar-refractivity contribution in [2.45, 2.75) is 26.4 Å². The number of nitrogens with one attached hydrogen (secondary N) is 1. The average molecular weight is 421 g/mol. The summed E-state index contributed by atoms with van der Waals surface area (Å²) >= 11 is 0. The molecular formula is C24H28N4O3. The van der Waals surface area contributed by atoms with Crippen LogP contribution in [0.25, 0.3) is 0 Å². The Balaban J connectivity index is 1.45. The molecule has 0 radical (unpaired) electrons. The van der Waals surface area contributed by atoms with Crippen LogP contribution in [-0.2, 0) is 19.5 Å². The quantitative estimate of drug-likeness (QED) is 0.586. The molecule has 0 saturated heterocycles. The van der Waals surface area contributed by atoms with E-state index in [1.54, 1.807) is 14.2 Å². The van der Waals surface area contributed by atoms with E-state index in [4.69, 9.17) is 19.2 Å². The van der Waals surface area contributed by atoms with Crippen LogP contribution in [0.1, 0.15) is 23.7 Å². The third kappa shape index (κ3) is 5.06. The van der Waals surface area contributed by atoms with Crippen LogP contribution in [-0.4, -0.2) is 42.2 Å². The zero-order valence-electron chi connectivity index (χ0n) is 18.2. The van der Waals surface area contributed by atoms with Gasteiger partial charge in [0.05, 0.1) is 32.2 Å². The molecule has 0 saturated carbocycles. The average Bonchev–Trinajstić information content (AvgIpc) is 2.79. The molecule has 2 aromatic carbocycles. The number of ether oxygens (including phenoxy) is 3. The van der Waals surface area contributed by atoms with Gasteiger partial charge in [-0.05, 0) is 36.8 Å². The van der Waals surface area contributed by atoms with Crippen molar-refractivity contribution in [3.8, 4) is 17.2 Å². The number of hydrogen-bond donors (Lipinski definition) is 1. The molecule has 1 N–H and O–H groups in total. The smallest absolute Gasteiger partial charge is 0.227 e. The van der Waals surface area contributed by atoms with Crippen molar-refractivity contribution in [3.63, 3.8) is 0 Å². The number of aromatic nitrogens is 2. The van der Waals surface area contributed by atoms with E-state index in [2.05, 4.69) is 27.3 Å². The predicted octanol–water partition coefficient (Wildman–Crippen LogP) is 4.19. The normalized spacial score (nSPS) is 13.4. The molecule has 3 aromatic rings. The number of fused-ring (bicyclic) bond motifs is 1. The summed E-state index contributed by atoms with van der Waals surface area (Å²) in [5.41, 5.74) is 4.26. The highest BCUT2D eigenvalue weighted by molar-refractivity contribution is 5.65. The molecule has 1 aliphatic rings. The minimum Gasteiger partial charge on any atom is -0.497 e. The Bertz CT molecular complexity index is 1040. The molecule has 1 aliphatic heterocycles. The van der Waals surface area contributed by atoms with Gasteiger partial charge in [0.2, 0.25) is 5.95 Å². The Morgan fingerprint density at radius 3 is 2.77 bits per heavy atom. The standard InChI is InChI=1S/C24H28N4O3/c1-4-31-20-7-5-6-17(12-20)15-28-11-10-21-18(16-28)14-25-24(26-21)27-22-13-19(29-2)8-9-23(22)30-3/h5-9,12-14H,4,10-11,15-16H2,1-3H3,(H,25,26,27). The van der Waals surface area contributed by atoms with E-state index in [-0.39, 0.29) is 0 Å². The van der Waals surface area contributed by atoms with Gasteiger partial charge in [-0.3, -0.25) is 4.90 Å². The molecule has 1 aromatic heterocycles. The van der Waals surface area contributed by atoms with Gasteiger partial charge in [0.1, 0.15) is 17.2 Å². The van der Waals surface area contributed by atoms with Gasteiger partial charge in [-0.2, -0.15) is 0 Å². The number of methoxy groups -OCH3 is 2. The van der Waals surface area contributed by atoms with Gasteiger partial charge in [0.25, 0.3) is 0 Å². The van der Waals surface area contributed by atoms with E-state index in [1.165, 1.54) is 5.56 Å². The van der Waals surface area contributed by atoms with Crippen LogP contribution in [0, 0.1) is 0 Å². The monoisotopic (exact) mass is 420 g/mol. The molecule has 7 heteroatoms. The molecule has 0 fully saturated rings. The molecule has 0 bridgehead atoms. The summed E-state index contributed by atoms with van der Waals surface area (Å²) in [6.45, 7) is 5.33. The zero-order valence-corrected chi connectivity index (χ0v) is 18.2. The summed E-state index contributed by atoms with van der Waals surface area (Å²) in [6, 6.07) is 13.9. The SMILES string of the molecule is CCOc1cccc(CN2CCc3nc(Nc4cc(OC)ccc4OC)ncc3C2)c1. The fourth-order valence-electron chi connectivity index (χ4n) is 3.76. The van der Waals surface area contributed by atoms with Crippen LogP contribution >= 0.6 is 0 Å². The summed E-state index contributed by atoms with van der Waals surface area (Å²) in [5, 5.41) is 3.26. The lowest BCUT2D eigenvalue weighted by Crippen LogP contribution is -2.31. The van der Waals surface area contributed by atoms with Crippen molar-refractivity contribution < 1.29 is 14.2 Å². The molecule has 0 aliphatic carbocycles. The van der Waals surface area contributed by atoms with Crippen LogP contribution in [0.5, 0.6) is 17.2 Å². The first-order valence-corrected chi connectivity index (χ1v) is 10.5. The molecule has 0 spiro atoms. The zero-order chi connectivity index (χ0) is 21.6. The Labute approximate surface area is 183 Å². The molecule has 4 rings (SSSR count). The van der Waals surface area contributed by atoms with Gasteiger partial charge in [-0.1, -0.05) is 12.1 Å². The maximum atomic E-state index is 5.62. The molecule has 162 valence electrons. The summed E-state index contributed by atoms with van der Waals surface area (Å²) in [7, 11) is 3.28.